The number of nitrogens with zero attached hydrogens (tertiary/aromatic N) is 1. The van der Waals surface area contributed by atoms with Gasteiger partial charge in [0, 0.05) is 17.0 Å². The Bertz CT molecular complexity index is 808. The van der Waals surface area contributed by atoms with Gasteiger partial charge in [-0.2, -0.15) is 0 Å². The molecule has 3 rings (SSSR count). The Morgan fingerprint density at radius 2 is 2.00 bits per heavy atom. The molecule has 0 fully saturated rings. The molecule has 6 heteroatoms. The summed E-state index contributed by atoms with van der Waals surface area (Å²) >= 11 is 5.86. The molecule has 0 N–H and O–H groups in total. The maximum atomic E-state index is 12.3. The number of halogens is 1. The second kappa shape index (κ2) is 3.83. The molecule has 0 unspecified atom stereocenters. The lowest BCUT2D eigenvalue weighted by Gasteiger charge is -2.19. The van der Waals surface area contributed by atoms with Crippen molar-refractivity contribution in [2.24, 2.45) is 0 Å². The van der Waals surface area contributed by atoms with Gasteiger partial charge in [0.25, 0.3) is 5.56 Å². The highest BCUT2D eigenvalue weighted by Crippen LogP contribution is 2.23. The van der Waals surface area contributed by atoms with Gasteiger partial charge in [0.2, 0.25) is 0 Å². The number of pyridine rings is 1. The Morgan fingerprint density at radius 3 is 2.78 bits per heavy atom. The minimum Gasteiger partial charge on any atom is -0.299 e. The van der Waals surface area contributed by atoms with Crippen molar-refractivity contribution < 1.29 is 8.42 Å². The van der Waals surface area contributed by atoms with E-state index >= 15 is 0 Å². The van der Waals surface area contributed by atoms with Gasteiger partial charge in [-0.05, 0) is 30.0 Å². The van der Waals surface area contributed by atoms with Gasteiger partial charge in [0.05, 0.1) is 5.75 Å². The van der Waals surface area contributed by atoms with Gasteiger partial charge >= 0.3 is 0 Å². The summed E-state index contributed by atoms with van der Waals surface area (Å²) in [6, 6.07) is 6.45. The van der Waals surface area contributed by atoms with Crippen LogP contribution in [0.5, 0.6) is 0 Å². The first kappa shape index (κ1) is 11.7. The van der Waals surface area contributed by atoms with Crippen molar-refractivity contribution in [2.75, 3.05) is 5.75 Å². The molecule has 18 heavy (non-hydrogen) atoms. The third kappa shape index (κ3) is 1.66. The Hall–Kier alpha value is -1.33. The van der Waals surface area contributed by atoms with Crippen LogP contribution >= 0.6 is 11.6 Å². The van der Waals surface area contributed by atoms with Crippen LogP contribution in [0.4, 0.5) is 0 Å². The van der Waals surface area contributed by atoms with E-state index in [0.717, 1.165) is 0 Å². The van der Waals surface area contributed by atoms with Crippen LogP contribution in [0.2, 0.25) is 5.02 Å². The molecule has 0 aliphatic carbocycles. The van der Waals surface area contributed by atoms with Crippen LogP contribution in [0.1, 0.15) is 6.42 Å². The Kier molecular flexibility index (Phi) is 2.50. The lowest BCUT2D eigenvalue weighted by atomic mass is 10.2. The van der Waals surface area contributed by atoms with Gasteiger partial charge in [-0.1, -0.05) is 17.7 Å². The molecule has 1 aliphatic rings. The summed E-state index contributed by atoms with van der Waals surface area (Å²) in [7, 11) is -3.34. The molecule has 0 saturated carbocycles. The van der Waals surface area contributed by atoms with E-state index in [1.165, 1.54) is 4.57 Å². The SMILES string of the molecule is O=c1c2cc(Cl)ccc2cc2n1CCCS2(=O)=O. The zero-order valence-electron chi connectivity index (χ0n) is 9.39. The standard InChI is InChI=1S/C12H10ClNO3S/c13-9-3-2-8-6-11-14(12(15)10(8)7-9)4-1-5-18(11,16)17/h2-3,6-7H,1,4-5H2. The molecule has 2 aromatic rings. The molecule has 0 amide bonds. The second-order valence-electron chi connectivity index (χ2n) is 4.34. The fourth-order valence-corrected chi connectivity index (χ4v) is 3.99. The van der Waals surface area contributed by atoms with Crippen molar-refractivity contribution in [3.05, 3.63) is 39.6 Å². The first-order chi connectivity index (χ1) is 8.49. The zero-order valence-corrected chi connectivity index (χ0v) is 11.0. The summed E-state index contributed by atoms with van der Waals surface area (Å²) in [5, 5.41) is 1.66. The maximum Gasteiger partial charge on any atom is 0.259 e. The first-order valence-corrected chi connectivity index (χ1v) is 7.58. The van der Waals surface area contributed by atoms with Crippen molar-refractivity contribution in [3.8, 4) is 0 Å². The molecule has 2 heterocycles. The van der Waals surface area contributed by atoms with Gasteiger partial charge in [-0.15, -0.1) is 0 Å². The third-order valence-electron chi connectivity index (χ3n) is 3.15. The fourth-order valence-electron chi connectivity index (χ4n) is 2.28. The van der Waals surface area contributed by atoms with Crippen molar-refractivity contribution in [3.63, 3.8) is 0 Å². The number of fused-ring (bicyclic) bond motifs is 2. The van der Waals surface area contributed by atoms with Crippen LogP contribution < -0.4 is 5.56 Å². The third-order valence-corrected chi connectivity index (χ3v) is 5.19. The van der Waals surface area contributed by atoms with Crippen LogP contribution in [-0.4, -0.2) is 18.7 Å². The summed E-state index contributed by atoms with van der Waals surface area (Å²) in [6.45, 7) is 0.440. The topological polar surface area (TPSA) is 56.1 Å². The largest absolute Gasteiger partial charge is 0.299 e. The van der Waals surface area contributed by atoms with E-state index in [4.69, 9.17) is 11.6 Å². The van der Waals surface area contributed by atoms with E-state index in [2.05, 4.69) is 0 Å². The van der Waals surface area contributed by atoms with E-state index in [0.29, 0.717) is 28.8 Å². The Balaban J connectivity index is 2.49. The zero-order chi connectivity index (χ0) is 12.9. The normalized spacial score (nSPS) is 17.6. The maximum absolute atomic E-state index is 12.3. The summed E-state index contributed by atoms with van der Waals surface area (Å²) in [6.07, 6.45) is 0.474. The highest BCUT2D eigenvalue weighted by molar-refractivity contribution is 7.91. The lowest BCUT2D eigenvalue weighted by Crippen LogP contribution is -2.31. The van der Waals surface area contributed by atoms with E-state index in [-0.39, 0.29) is 16.3 Å². The molecular weight excluding hydrogens is 274 g/mol. The smallest absolute Gasteiger partial charge is 0.259 e. The highest BCUT2D eigenvalue weighted by Gasteiger charge is 2.25. The number of sulfone groups is 1. The Morgan fingerprint density at radius 1 is 1.22 bits per heavy atom. The number of hydrogen-bond acceptors (Lipinski definition) is 3. The first-order valence-electron chi connectivity index (χ1n) is 5.55. The molecule has 0 bridgehead atoms. The van der Waals surface area contributed by atoms with Gasteiger partial charge in [-0.3, -0.25) is 9.36 Å². The van der Waals surface area contributed by atoms with Crippen molar-refractivity contribution in [1.82, 2.24) is 4.57 Å². The van der Waals surface area contributed by atoms with Crippen molar-refractivity contribution >= 4 is 32.2 Å². The average Bonchev–Trinajstić information content (AvgIpc) is 2.31. The number of benzene rings is 1. The van der Waals surface area contributed by atoms with Gasteiger partial charge in [0.15, 0.2) is 9.84 Å². The van der Waals surface area contributed by atoms with Gasteiger partial charge in [-0.25, -0.2) is 8.42 Å². The summed E-state index contributed by atoms with van der Waals surface area (Å²) in [5.74, 6) is 0.103. The van der Waals surface area contributed by atoms with Crippen LogP contribution in [-0.2, 0) is 16.4 Å². The van der Waals surface area contributed by atoms with Crippen molar-refractivity contribution in [1.29, 1.82) is 0 Å². The number of aromatic nitrogens is 1. The van der Waals surface area contributed by atoms with E-state index in [1.54, 1.807) is 24.3 Å². The molecule has 0 spiro atoms. The molecule has 1 aliphatic heterocycles. The fraction of sp³-hybridized carbons (Fsp3) is 0.250. The van der Waals surface area contributed by atoms with E-state index < -0.39 is 9.84 Å². The molecule has 1 aromatic carbocycles. The monoisotopic (exact) mass is 283 g/mol. The molecule has 1 aromatic heterocycles. The number of hydrogen-bond donors (Lipinski definition) is 0. The van der Waals surface area contributed by atoms with Crippen LogP contribution in [0, 0.1) is 0 Å². The predicted octanol–water partition coefficient (Wildman–Crippen LogP) is 1.83. The molecular formula is C12H10ClNO3S. The Labute approximate surface area is 109 Å². The number of rotatable bonds is 0. The minimum atomic E-state index is -3.34. The highest BCUT2D eigenvalue weighted by atomic mass is 35.5. The molecule has 0 atom stereocenters. The minimum absolute atomic E-state index is 0.103. The van der Waals surface area contributed by atoms with Crippen LogP contribution in [0.15, 0.2) is 34.1 Å². The summed E-state index contributed by atoms with van der Waals surface area (Å²) < 4.78 is 25.2. The summed E-state index contributed by atoms with van der Waals surface area (Å²) in [4.78, 5) is 12.3. The van der Waals surface area contributed by atoms with Crippen molar-refractivity contribution in [2.45, 2.75) is 18.0 Å². The van der Waals surface area contributed by atoms with Crippen LogP contribution in [0.3, 0.4) is 0 Å². The molecule has 0 saturated heterocycles. The van der Waals surface area contributed by atoms with Gasteiger partial charge < -0.3 is 0 Å². The van der Waals surface area contributed by atoms with Crippen LogP contribution in [0.25, 0.3) is 10.8 Å². The van der Waals surface area contributed by atoms with E-state index in [9.17, 15) is 13.2 Å². The lowest BCUT2D eigenvalue weighted by molar-refractivity contribution is 0.527. The predicted molar refractivity (Wildman–Crippen MR) is 69.9 cm³/mol. The average molecular weight is 284 g/mol. The second-order valence-corrected chi connectivity index (χ2v) is 6.84. The summed E-state index contributed by atoms with van der Waals surface area (Å²) in [5.41, 5.74) is -0.284. The van der Waals surface area contributed by atoms with Gasteiger partial charge in [0.1, 0.15) is 5.03 Å². The quantitative estimate of drug-likeness (QED) is 0.741. The molecule has 94 valence electrons. The molecule has 0 radical (unpaired) electrons. The molecule has 4 nitrogen and oxygen atoms in total. The van der Waals surface area contributed by atoms with E-state index in [1.807, 2.05) is 0 Å².